The summed E-state index contributed by atoms with van der Waals surface area (Å²) in [5.74, 6) is 1.53. The number of halogens is 1. The second-order valence-corrected chi connectivity index (χ2v) is 5.73. The highest BCUT2D eigenvalue weighted by Crippen LogP contribution is 2.18. The Morgan fingerprint density at radius 2 is 1.90 bits per heavy atom. The van der Waals surface area contributed by atoms with Gasteiger partial charge in [-0.25, -0.2) is 0 Å². The number of rotatable bonds is 5. The lowest BCUT2D eigenvalue weighted by Crippen LogP contribution is -2.42. The van der Waals surface area contributed by atoms with E-state index in [1.807, 2.05) is 7.05 Å². The molecule has 0 heterocycles. The highest BCUT2D eigenvalue weighted by atomic mass is 127. The molecule has 118 valence electrons. The largest absolute Gasteiger partial charge is 0.356 e. The molecule has 1 atom stereocenters. The van der Waals surface area contributed by atoms with Crippen LogP contribution in [0.15, 0.2) is 35.3 Å². The summed E-state index contributed by atoms with van der Waals surface area (Å²) >= 11 is 0. The van der Waals surface area contributed by atoms with Crippen molar-refractivity contribution in [3.8, 4) is 0 Å². The Labute approximate surface area is 146 Å². The summed E-state index contributed by atoms with van der Waals surface area (Å²) in [4.78, 5) is 4.32. The number of aliphatic imine (C=N–C) groups is 1. The van der Waals surface area contributed by atoms with Crippen LogP contribution in [0.4, 0.5) is 0 Å². The summed E-state index contributed by atoms with van der Waals surface area (Å²) in [6, 6.07) is 11.3. The van der Waals surface area contributed by atoms with Crippen molar-refractivity contribution in [2.75, 3.05) is 13.6 Å². The van der Waals surface area contributed by atoms with Gasteiger partial charge in [0, 0.05) is 19.6 Å². The van der Waals surface area contributed by atoms with Crippen LogP contribution in [0.3, 0.4) is 0 Å². The van der Waals surface area contributed by atoms with Crippen molar-refractivity contribution in [3.63, 3.8) is 0 Å². The Morgan fingerprint density at radius 1 is 1.24 bits per heavy atom. The number of guanidine groups is 1. The van der Waals surface area contributed by atoms with Crippen LogP contribution in [0.1, 0.15) is 50.5 Å². The molecular weight excluding hydrogens is 373 g/mol. The first-order chi connectivity index (χ1) is 9.79. The lowest BCUT2D eigenvalue weighted by atomic mass is 9.98. The minimum absolute atomic E-state index is 0. The molecule has 0 aromatic heterocycles. The van der Waals surface area contributed by atoms with Gasteiger partial charge < -0.3 is 10.6 Å². The van der Waals surface area contributed by atoms with Gasteiger partial charge in [0.25, 0.3) is 0 Å². The van der Waals surface area contributed by atoms with E-state index in [0.29, 0.717) is 12.0 Å². The summed E-state index contributed by atoms with van der Waals surface area (Å²) < 4.78 is 0. The van der Waals surface area contributed by atoms with Gasteiger partial charge in [0.15, 0.2) is 5.96 Å². The lowest BCUT2D eigenvalue weighted by Gasteiger charge is -2.18. The van der Waals surface area contributed by atoms with Crippen molar-refractivity contribution in [3.05, 3.63) is 35.9 Å². The van der Waals surface area contributed by atoms with Crippen LogP contribution in [0.2, 0.25) is 0 Å². The van der Waals surface area contributed by atoms with Crippen LogP contribution >= 0.6 is 24.0 Å². The van der Waals surface area contributed by atoms with E-state index in [4.69, 9.17) is 0 Å². The predicted molar refractivity (Wildman–Crippen MR) is 102 cm³/mol. The zero-order valence-electron chi connectivity index (χ0n) is 13.1. The second-order valence-electron chi connectivity index (χ2n) is 5.73. The van der Waals surface area contributed by atoms with Gasteiger partial charge in [-0.1, -0.05) is 50.1 Å². The second kappa shape index (κ2) is 10.0. The van der Waals surface area contributed by atoms with E-state index in [2.05, 4.69) is 52.9 Å². The summed E-state index contributed by atoms with van der Waals surface area (Å²) in [7, 11) is 1.85. The Kier molecular flexibility index (Phi) is 8.73. The predicted octanol–water partition coefficient (Wildman–Crippen LogP) is 3.91. The van der Waals surface area contributed by atoms with Crippen LogP contribution in [0.5, 0.6) is 0 Å². The minimum atomic E-state index is 0. The SMILES string of the molecule is CN=C(NCCC(C)c1ccccc1)NC1CCCC1.I. The topological polar surface area (TPSA) is 36.4 Å². The zero-order valence-corrected chi connectivity index (χ0v) is 15.5. The van der Waals surface area contributed by atoms with Gasteiger partial charge >= 0.3 is 0 Å². The van der Waals surface area contributed by atoms with Gasteiger partial charge in [-0.15, -0.1) is 24.0 Å². The van der Waals surface area contributed by atoms with E-state index in [1.54, 1.807) is 0 Å². The molecule has 21 heavy (non-hydrogen) atoms. The maximum absolute atomic E-state index is 4.32. The van der Waals surface area contributed by atoms with Crippen LogP contribution in [-0.2, 0) is 0 Å². The van der Waals surface area contributed by atoms with Crippen molar-refractivity contribution < 1.29 is 0 Å². The Bertz CT molecular complexity index is 413. The average Bonchev–Trinajstić information content (AvgIpc) is 3.00. The summed E-state index contributed by atoms with van der Waals surface area (Å²) in [6.07, 6.45) is 6.37. The first kappa shape index (κ1) is 18.3. The molecule has 0 bridgehead atoms. The van der Waals surface area contributed by atoms with Crippen molar-refractivity contribution >= 4 is 29.9 Å². The summed E-state index contributed by atoms with van der Waals surface area (Å²) in [5.41, 5.74) is 1.41. The quantitative estimate of drug-likeness (QED) is 0.446. The number of hydrogen-bond donors (Lipinski definition) is 2. The third kappa shape index (κ3) is 6.24. The molecule has 1 aromatic rings. The van der Waals surface area contributed by atoms with Crippen molar-refractivity contribution in [2.24, 2.45) is 4.99 Å². The first-order valence-corrected chi connectivity index (χ1v) is 7.81. The molecule has 1 unspecified atom stereocenters. The molecule has 3 nitrogen and oxygen atoms in total. The minimum Gasteiger partial charge on any atom is -0.356 e. The number of hydrogen-bond acceptors (Lipinski definition) is 1. The zero-order chi connectivity index (χ0) is 14.2. The van der Waals surface area contributed by atoms with E-state index >= 15 is 0 Å². The summed E-state index contributed by atoms with van der Waals surface area (Å²) in [6.45, 7) is 3.24. The van der Waals surface area contributed by atoms with E-state index < -0.39 is 0 Å². The Morgan fingerprint density at radius 3 is 2.52 bits per heavy atom. The Hall–Kier alpha value is -0.780. The highest BCUT2D eigenvalue weighted by Gasteiger charge is 2.15. The smallest absolute Gasteiger partial charge is 0.191 e. The molecule has 0 saturated heterocycles. The van der Waals surface area contributed by atoms with Gasteiger partial charge in [-0.05, 0) is 30.7 Å². The molecule has 1 aliphatic carbocycles. The fraction of sp³-hybridized carbons (Fsp3) is 0.588. The summed E-state index contributed by atoms with van der Waals surface area (Å²) in [5, 5.41) is 6.95. The van der Waals surface area contributed by atoms with Gasteiger partial charge in [0.05, 0.1) is 0 Å². The molecule has 2 N–H and O–H groups in total. The number of nitrogens with one attached hydrogen (secondary N) is 2. The fourth-order valence-electron chi connectivity index (χ4n) is 2.81. The molecule has 0 amide bonds. The average molecular weight is 401 g/mol. The Balaban J connectivity index is 0.00000220. The van der Waals surface area contributed by atoms with E-state index in [1.165, 1.54) is 31.2 Å². The molecule has 0 radical (unpaired) electrons. The van der Waals surface area contributed by atoms with Crippen molar-refractivity contribution in [1.29, 1.82) is 0 Å². The van der Waals surface area contributed by atoms with Crippen LogP contribution in [0.25, 0.3) is 0 Å². The fourth-order valence-corrected chi connectivity index (χ4v) is 2.81. The van der Waals surface area contributed by atoms with Gasteiger partial charge in [0.1, 0.15) is 0 Å². The third-order valence-electron chi connectivity index (χ3n) is 4.16. The van der Waals surface area contributed by atoms with E-state index in [9.17, 15) is 0 Å². The third-order valence-corrected chi connectivity index (χ3v) is 4.16. The van der Waals surface area contributed by atoms with Gasteiger partial charge in [0.2, 0.25) is 0 Å². The first-order valence-electron chi connectivity index (χ1n) is 7.81. The maximum atomic E-state index is 4.32. The monoisotopic (exact) mass is 401 g/mol. The van der Waals surface area contributed by atoms with E-state index in [0.717, 1.165) is 18.9 Å². The standard InChI is InChI=1S/C17H27N3.HI/c1-14(15-8-4-3-5-9-15)12-13-19-17(18-2)20-16-10-6-7-11-16;/h3-5,8-9,14,16H,6-7,10-13H2,1-2H3,(H2,18,19,20);1H. The molecule has 0 spiro atoms. The van der Waals surface area contributed by atoms with Crippen LogP contribution in [-0.4, -0.2) is 25.6 Å². The molecule has 0 aliphatic heterocycles. The highest BCUT2D eigenvalue weighted by molar-refractivity contribution is 14.0. The number of nitrogens with zero attached hydrogens (tertiary/aromatic N) is 1. The van der Waals surface area contributed by atoms with E-state index in [-0.39, 0.29) is 24.0 Å². The normalized spacial score (nSPS) is 17.1. The van der Waals surface area contributed by atoms with Crippen LogP contribution < -0.4 is 10.6 Å². The van der Waals surface area contributed by atoms with Crippen molar-refractivity contribution in [2.45, 2.75) is 51.0 Å². The lowest BCUT2D eigenvalue weighted by molar-refractivity contribution is 0.600. The molecule has 1 fully saturated rings. The molecular formula is C17H28IN3. The van der Waals surface area contributed by atoms with Gasteiger partial charge in [-0.2, -0.15) is 0 Å². The molecule has 4 heteroatoms. The molecule has 2 rings (SSSR count). The maximum Gasteiger partial charge on any atom is 0.191 e. The number of benzene rings is 1. The van der Waals surface area contributed by atoms with Gasteiger partial charge in [-0.3, -0.25) is 4.99 Å². The van der Waals surface area contributed by atoms with Crippen LogP contribution in [0, 0.1) is 0 Å². The molecule has 1 aliphatic rings. The molecule has 1 saturated carbocycles. The van der Waals surface area contributed by atoms with Crippen molar-refractivity contribution in [1.82, 2.24) is 10.6 Å². The molecule has 1 aromatic carbocycles.